The number of pyridine rings is 1. The van der Waals surface area contributed by atoms with Gasteiger partial charge >= 0.3 is 0 Å². The predicted molar refractivity (Wildman–Crippen MR) is 116 cm³/mol. The number of nitrogens with zero attached hydrogens (tertiary/aromatic N) is 3. The molecule has 6 nitrogen and oxygen atoms in total. The van der Waals surface area contributed by atoms with E-state index < -0.39 is 0 Å². The van der Waals surface area contributed by atoms with E-state index in [1.54, 1.807) is 12.4 Å². The van der Waals surface area contributed by atoms with Crippen LogP contribution in [0.3, 0.4) is 0 Å². The Kier molecular flexibility index (Phi) is 5.69. The van der Waals surface area contributed by atoms with Crippen LogP contribution in [-0.2, 0) is 6.54 Å². The Bertz CT molecular complexity index is 880. The summed E-state index contributed by atoms with van der Waals surface area (Å²) < 4.78 is 6.08. The van der Waals surface area contributed by atoms with Crippen molar-refractivity contribution in [3.05, 3.63) is 53.9 Å². The number of rotatable bonds is 7. The molecule has 0 atom stereocenters. The number of hydrogen-bond acceptors (Lipinski definition) is 5. The largest absolute Gasteiger partial charge is 0.455 e. The smallest absolute Gasteiger partial charge is 0.253 e. The van der Waals surface area contributed by atoms with E-state index in [1.807, 2.05) is 35.2 Å². The van der Waals surface area contributed by atoms with Gasteiger partial charge in [0.05, 0.1) is 6.20 Å². The number of amides is 1. The lowest BCUT2D eigenvalue weighted by Crippen LogP contribution is -2.35. The Hall–Kier alpha value is -2.44. The van der Waals surface area contributed by atoms with Gasteiger partial charge in [0.2, 0.25) is 0 Å². The van der Waals surface area contributed by atoms with E-state index >= 15 is 0 Å². The molecule has 2 aliphatic carbocycles. The molecule has 1 aliphatic heterocycles. The molecule has 2 saturated carbocycles. The Morgan fingerprint density at radius 3 is 2.77 bits per heavy atom. The fourth-order valence-electron chi connectivity index (χ4n) is 4.15. The van der Waals surface area contributed by atoms with Crippen molar-refractivity contribution in [1.29, 1.82) is 0 Å². The van der Waals surface area contributed by atoms with Gasteiger partial charge in [-0.05, 0) is 62.4 Å². The molecule has 6 heteroatoms. The second-order valence-electron chi connectivity index (χ2n) is 8.68. The highest BCUT2D eigenvalue weighted by atomic mass is 16.5. The zero-order valence-electron chi connectivity index (χ0n) is 17.4. The highest BCUT2D eigenvalue weighted by molar-refractivity contribution is 5.94. The predicted octanol–water partition coefficient (Wildman–Crippen LogP) is 3.44. The van der Waals surface area contributed by atoms with Gasteiger partial charge in [-0.3, -0.25) is 14.7 Å². The normalized spacial score (nSPS) is 20.1. The molecular formula is C24H30N4O2. The molecule has 1 N–H and O–H groups in total. The van der Waals surface area contributed by atoms with Gasteiger partial charge in [-0.25, -0.2) is 0 Å². The van der Waals surface area contributed by atoms with Gasteiger partial charge in [-0.1, -0.05) is 0 Å². The summed E-state index contributed by atoms with van der Waals surface area (Å²) in [6, 6.07) is 11.0. The molecule has 30 heavy (non-hydrogen) atoms. The standard InChI is InChI=1S/C24H30N4O2/c29-24(28-12-2-11-27(13-14-28)21-7-8-21)18-4-9-23(30-22-3-1-10-25-17-22)19(15-18)16-26-20-5-6-20/h1,3-4,9-10,15,17,20-21,26H,2,5-8,11-14,16H2. The maximum atomic E-state index is 13.3. The van der Waals surface area contributed by atoms with Crippen LogP contribution in [0.15, 0.2) is 42.7 Å². The Morgan fingerprint density at radius 1 is 1.10 bits per heavy atom. The van der Waals surface area contributed by atoms with E-state index in [9.17, 15) is 4.79 Å². The minimum Gasteiger partial charge on any atom is -0.455 e. The van der Waals surface area contributed by atoms with Crippen LogP contribution >= 0.6 is 0 Å². The molecule has 1 aromatic carbocycles. The SMILES string of the molecule is O=C(c1ccc(Oc2cccnc2)c(CNC2CC2)c1)N1CCCN(C2CC2)CC1. The molecule has 2 aromatic rings. The molecule has 1 saturated heterocycles. The Morgan fingerprint density at radius 2 is 2.00 bits per heavy atom. The number of hydrogen-bond donors (Lipinski definition) is 1. The highest BCUT2D eigenvalue weighted by Gasteiger charge is 2.31. The molecule has 3 fully saturated rings. The summed E-state index contributed by atoms with van der Waals surface area (Å²) in [7, 11) is 0. The number of nitrogens with one attached hydrogen (secondary N) is 1. The van der Waals surface area contributed by atoms with Crippen LogP contribution in [0.25, 0.3) is 0 Å². The van der Waals surface area contributed by atoms with Gasteiger partial charge < -0.3 is 15.0 Å². The van der Waals surface area contributed by atoms with E-state index in [4.69, 9.17) is 4.74 Å². The van der Waals surface area contributed by atoms with Crippen molar-refractivity contribution in [3.8, 4) is 11.5 Å². The second kappa shape index (κ2) is 8.74. The van der Waals surface area contributed by atoms with E-state index in [1.165, 1.54) is 25.7 Å². The average molecular weight is 407 g/mol. The van der Waals surface area contributed by atoms with Crippen molar-refractivity contribution in [2.24, 2.45) is 0 Å². The lowest BCUT2D eigenvalue weighted by molar-refractivity contribution is 0.0761. The highest BCUT2D eigenvalue weighted by Crippen LogP contribution is 2.29. The summed E-state index contributed by atoms with van der Waals surface area (Å²) >= 11 is 0. The van der Waals surface area contributed by atoms with E-state index in [0.29, 0.717) is 18.3 Å². The quantitative estimate of drug-likeness (QED) is 0.763. The van der Waals surface area contributed by atoms with E-state index in [-0.39, 0.29) is 5.91 Å². The molecule has 0 unspecified atom stereocenters. The zero-order valence-corrected chi connectivity index (χ0v) is 17.4. The van der Waals surface area contributed by atoms with Crippen molar-refractivity contribution in [3.63, 3.8) is 0 Å². The molecule has 0 spiro atoms. The topological polar surface area (TPSA) is 57.7 Å². The summed E-state index contributed by atoms with van der Waals surface area (Å²) in [5, 5.41) is 3.55. The van der Waals surface area contributed by atoms with Crippen molar-refractivity contribution >= 4 is 5.91 Å². The summed E-state index contributed by atoms with van der Waals surface area (Å²) in [5.74, 6) is 1.62. The number of ether oxygens (including phenoxy) is 1. The molecule has 1 amide bonds. The Balaban J connectivity index is 1.32. The minimum atomic E-state index is 0.133. The summed E-state index contributed by atoms with van der Waals surface area (Å²) in [6.07, 6.45) is 9.59. The molecule has 5 rings (SSSR count). The molecule has 2 heterocycles. The third-order valence-electron chi connectivity index (χ3n) is 6.21. The van der Waals surface area contributed by atoms with Crippen molar-refractivity contribution in [1.82, 2.24) is 20.1 Å². The van der Waals surface area contributed by atoms with Crippen LogP contribution in [0.2, 0.25) is 0 Å². The van der Waals surface area contributed by atoms with Gasteiger partial charge in [0, 0.05) is 62.1 Å². The first-order valence-corrected chi connectivity index (χ1v) is 11.2. The van der Waals surface area contributed by atoms with E-state index in [2.05, 4.69) is 15.2 Å². The second-order valence-corrected chi connectivity index (χ2v) is 8.68. The van der Waals surface area contributed by atoms with Crippen molar-refractivity contribution in [2.45, 2.75) is 50.7 Å². The van der Waals surface area contributed by atoms with Gasteiger partial charge in [-0.15, -0.1) is 0 Å². The maximum absolute atomic E-state index is 13.3. The van der Waals surface area contributed by atoms with Gasteiger partial charge in [0.15, 0.2) is 0 Å². The van der Waals surface area contributed by atoms with Crippen LogP contribution in [0.5, 0.6) is 11.5 Å². The summed E-state index contributed by atoms with van der Waals surface area (Å²) in [6.45, 7) is 4.47. The van der Waals surface area contributed by atoms with Crippen LogP contribution in [-0.4, -0.2) is 59.0 Å². The fraction of sp³-hybridized carbons (Fsp3) is 0.500. The first-order valence-electron chi connectivity index (χ1n) is 11.2. The molecule has 0 radical (unpaired) electrons. The summed E-state index contributed by atoms with van der Waals surface area (Å²) in [4.78, 5) is 22.0. The van der Waals surface area contributed by atoms with Crippen LogP contribution in [0.4, 0.5) is 0 Å². The van der Waals surface area contributed by atoms with Crippen molar-refractivity contribution in [2.75, 3.05) is 26.2 Å². The van der Waals surface area contributed by atoms with E-state index in [0.717, 1.165) is 55.5 Å². The number of benzene rings is 1. The zero-order chi connectivity index (χ0) is 20.3. The van der Waals surface area contributed by atoms with Crippen LogP contribution in [0.1, 0.15) is 48.0 Å². The van der Waals surface area contributed by atoms with Gasteiger partial charge in [0.25, 0.3) is 5.91 Å². The minimum absolute atomic E-state index is 0.133. The third kappa shape index (κ3) is 4.82. The first-order chi connectivity index (χ1) is 14.8. The van der Waals surface area contributed by atoms with Crippen LogP contribution in [0, 0.1) is 0 Å². The average Bonchev–Trinajstić information content (AvgIpc) is 3.66. The van der Waals surface area contributed by atoms with Crippen LogP contribution < -0.4 is 10.1 Å². The monoisotopic (exact) mass is 406 g/mol. The maximum Gasteiger partial charge on any atom is 0.253 e. The van der Waals surface area contributed by atoms with Gasteiger partial charge in [-0.2, -0.15) is 0 Å². The first kappa shape index (κ1) is 19.5. The molecule has 0 bridgehead atoms. The molecule has 1 aromatic heterocycles. The molecule has 3 aliphatic rings. The van der Waals surface area contributed by atoms with Gasteiger partial charge in [0.1, 0.15) is 11.5 Å². The molecular weight excluding hydrogens is 376 g/mol. The molecule has 158 valence electrons. The Labute approximate surface area is 178 Å². The lowest BCUT2D eigenvalue weighted by atomic mass is 10.1. The third-order valence-corrected chi connectivity index (χ3v) is 6.21. The number of carbonyl (C=O) groups excluding carboxylic acids is 1. The summed E-state index contributed by atoms with van der Waals surface area (Å²) in [5.41, 5.74) is 1.77. The lowest BCUT2D eigenvalue weighted by Gasteiger charge is -2.22. The number of carbonyl (C=O) groups is 1. The van der Waals surface area contributed by atoms with Crippen molar-refractivity contribution < 1.29 is 9.53 Å². The number of aromatic nitrogens is 1. The fourth-order valence-corrected chi connectivity index (χ4v) is 4.15.